The van der Waals surface area contributed by atoms with Gasteiger partial charge in [0.2, 0.25) is 6.79 Å². The maximum atomic E-state index is 13.5. The van der Waals surface area contributed by atoms with Gasteiger partial charge >= 0.3 is 5.97 Å². The molecule has 1 atom stereocenters. The van der Waals surface area contributed by atoms with E-state index in [-0.39, 0.29) is 25.4 Å². The number of fused-ring (bicyclic) bond motifs is 6. The van der Waals surface area contributed by atoms with Crippen molar-refractivity contribution < 1.29 is 24.1 Å². The van der Waals surface area contributed by atoms with Gasteiger partial charge in [0.05, 0.1) is 29.0 Å². The van der Waals surface area contributed by atoms with E-state index in [1.54, 1.807) is 17.6 Å². The summed E-state index contributed by atoms with van der Waals surface area (Å²) < 4.78 is 18.1. The Morgan fingerprint density at radius 3 is 2.64 bits per heavy atom. The minimum Gasteiger partial charge on any atom is -0.458 e. The molecule has 1 aliphatic carbocycles. The van der Waals surface area contributed by atoms with Crippen molar-refractivity contribution in [3.8, 4) is 22.9 Å². The Kier molecular flexibility index (Phi) is 3.68. The van der Waals surface area contributed by atoms with Gasteiger partial charge in [-0.15, -0.1) is 0 Å². The van der Waals surface area contributed by atoms with E-state index >= 15 is 0 Å². The highest BCUT2D eigenvalue weighted by Gasteiger charge is 2.45. The molecular weight excluding hydrogens is 424 g/mol. The van der Waals surface area contributed by atoms with Crippen molar-refractivity contribution in [3.63, 3.8) is 0 Å². The quantitative estimate of drug-likeness (QED) is 0.473. The molecule has 4 aliphatic rings. The third-order valence-electron chi connectivity index (χ3n) is 7.74. The highest BCUT2D eigenvalue weighted by atomic mass is 16.7. The molecule has 0 radical (unpaired) electrons. The van der Waals surface area contributed by atoms with E-state index in [9.17, 15) is 14.7 Å². The lowest BCUT2D eigenvalue weighted by Crippen LogP contribution is -2.44. The van der Waals surface area contributed by atoms with Crippen molar-refractivity contribution in [2.45, 2.75) is 57.3 Å². The summed E-state index contributed by atoms with van der Waals surface area (Å²) in [6.45, 7) is 2.19. The molecule has 0 unspecified atom stereocenters. The van der Waals surface area contributed by atoms with Gasteiger partial charge < -0.3 is 23.9 Å². The summed E-state index contributed by atoms with van der Waals surface area (Å²) in [4.78, 5) is 30.9. The monoisotopic (exact) mass is 446 g/mol. The maximum absolute atomic E-state index is 13.5. The van der Waals surface area contributed by atoms with Crippen LogP contribution in [0.5, 0.6) is 11.5 Å². The molecule has 0 saturated heterocycles. The number of pyridine rings is 2. The summed E-state index contributed by atoms with van der Waals surface area (Å²) in [7, 11) is 0. The fourth-order valence-corrected chi connectivity index (χ4v) is 5.66. The summed E-state index contributed by atoms with van der Waals surface area (Å²) in [5.74, 6) is 1.08. The van der Waals surface area contributed by atoms with Gasteiger partial charge in [-0.2, -0.15) is 0 Å². The average molecular weight is 446 g/mol. The first-order valence-corrected chi connectivity index (χ1v) is 11.4. The predicted molar refractivity (Wildman–Crippen MR) is 117 cm³/mol. The number of cyclic esters (lactones) is 1. The van der Waals surface area contributed by atoms with E-state index in [4.69, 9.17) is 19.2 Å². The van der Waals surface area contributed by atoms with Crippen LogP contribution in [0.25, 0.3) is 22.3 Å². The standard InChI is InChI=1S/C25H22N2O6/c1-2-25(30)16-7-18-22-14(9-27(18)23(28)15(16)10-31-24(25)29)21(12-4-3-5-12)13-6-19-20(33-11-32-19)8-17(13)26-22/h6-8,12,30H,2-5,9-11H2,1H3/t25-/m0/s1. The number of ether oxygens (including phenoxy) is 3. The van der Waals surface area contributed by atoms with Gasteiger partial charge in [0, 0.05) is 22.6 Å². The minimum atomic E-state index is -1.83. The molecule has 0 bridgehead atoms. The number of esters is 1. The number of aliphatic hydroxyl groups is 1. The van der Waals surface area contributed by atoms with E-state index in [1.807, 2.05) is 12.1 Å². The van der Waals surface area contributed by atoms with E-state index in [1.165, 1.54) is 12.0 Å². The van der Waals surface area contributed by atoms with Crippen molar-refractivity contribution in [3.05, 3.63) is 50.8 Å². The van der Waals surface area contributed by atoms with Crippen LogP contribution in [-0.2, 0) is 28.3 Å². The second-order valence-electron chi connectivity index (χ2n) is 9.31. The Morgan fingerprint density at radius 2 is 1.91 bits per heavy atom. The molecule has 1 N–H and O–H groups in total. The van der Waals surface area contributed by atoms with Gasteiger partial charge in [0.25, 0.3) is 5.56 Å². The third kappa shape index (κ3) is 2.36. The van der Waals surface area contributed by atoms with Gasteiger partial charge in [-0.1, -0.05) is 13.3 Å². The second kappa shape index (κ2) is 6.35. The number of carbonyl (C=O) groups is 1. The highest BCUT2D eigenvalue weighted by Crippen LogP contribution is 2.48. The molecule has 7 rings (SSSR count). The molecule has 8 nitrogen and oxygen atoms in total. The van der Waals surface area contributed by atoms with Gasteiger partial charge in [0.1, 0.15) is 6.61 Å². The normalized spacial score (nSPS) is 22.5. The van der Waals surface area contributed by atoms with E-state index in [0.717, 1.165) is 40.8 Å². The molecule has 0 amide bonds. The topological polar surface area (TPSA) is 99.9 Å². The predicted octanol–water partition coefficient (Wildman–Crippen LogP) is 3.08. The molecule has 1 aromatic carbocycles. The largest absolute Gasteiger partial charge is 0.458 e. The number of rotatable bonds is 2. The first-order chi connectivity index (χ1) is 16.0. The lowest BCUT2D eigenvalue weighted by molar-refractivity contribution is -0.172. The zero-order valence-electron chi connectivity index (χ0n) is 18.1. The van der Waals surface area contributed by atoms with Gasteiger partial charge in [0.15, 0.2) is 17.1 Å². The number of carbonyl (C=O) groups excluding carboxylic acids is 1. The highest BCUT2D eigenvalue weighted by molar-refractivity contribution is 5.92. The molecule has 3 aromatic rings. The smallest absolute Gasteiger partial charge is 0.343 e. The van der Waals surface area contributed by atoms with Crippen LogP contribution in [0.15, 0.2) is 23.0 Å². The van der Waals surface area contributed by atoms with Crippen LogP contribution in [0.2, 0.25) is 0 Å². The summed E-state index contributed by atoms with van der Waals surface area (Å²) in [5, 5.41) is 12.1. The summed E-state index contributed by atoms with van der Waals surface area (Å²) in [6, 6.07) is 5.68. The molecule has 2 aromatic heterocycles. The van der Waals surface area contributed by atoms with Crippen molar-refractivity contribution in [1.29, 1.82) is 0 Å². The number of hydrogen-bond acceptors (Lipinski definition) is 7. The van der Waals surface area contributed by atoms with Crippen LogP contribution in [-0.4, -0.2) is 27.4 Å². The molecular formula is C25H22N2O6. The molecule has 3 aliphatic heterocycles. The lowest BCUT2D eigenvalue weighted by Gasteiger charge is -2.31. The van der Waals surface area contributed by atoms with Crippen LogP contribution in [0, 0.1) is 0 Å². The number of benzene rings is 1. The first-order valence-electron chi connectivity index (χ1n) is 11.4. The van der Waals surface area contributed by atoms with Gasteiger partial charge in [-0.05, 0) is 42.9 Å². The van der Waals surface area contributed by atoms with Crippen LogP contribution < -0.4 is 15.0 Å². The molecule has 8 heteroatoms. The Hall–Kier alpha value is -3.39. The average Bonchev–Trinajstić information content (AvgIpc) is 3.38. The van der Waals surface area contributed by atoms with Crippen LogP contribution >= 0.6 is 0 Å². The molecule has 33 heavy (non-hydrogen) atoms. The van der Waals surface area contributed by atoms with Gasteiger partial charge in [-0.25, -0.2) is 9.78 Å². The third-order valence-corrected chi connectivity index (χ3v) is 7.74. The SMILES string of the molecule is CC[C@@]1(O)C(=O)OCc2c1cc1n(c2=O)Cc2c-1nc1cc3c(cc1c2C1CCC1)OCO3. The summed E-state index contributed by atoms with van der Waals surface area (Å²) in [6.07, 6.45) is 3.49. The number of aromatic nitrogens is 2. The second-order valence-corrected chi connectivity index (χ2v) is 9.31. The summed E-state index contributed by atoms with van der Waals surface area (Å²) >= 11 is 0. The molecule has 1 saturated carbocycles. The Balaban J connectivity index is 1.52. The Bertz CT molecular complexity index is 1450. The van der Waals surface area contributed by atoms with E-state index < -0.39 is 11.6 Å². The van der Waals surface area contributed by atoms with Crippen molar-refractivity contribution in [2.24, 2.45) is 0 Å². The van der Waals surface area contributed by atoms with Crippen molar-refractivity contribution in [1.82, 2.24) is 9.55 Å². The number of nitrogens with zero attached hydrogens (tertiary/aromatic N) is 2. The minimum absolute atomic E-state index is 0.122. The maximum Gasteiger partial charge on any atom is 0.343 e. The Labute approximate surface area is 188 Å². The van der Waals surface area contributed by atoms with Crippen molar-refractivity contribution >= 4 is 16.9 Å². The molecule has 0 spiro atoms. The fourth-order valence-electron chi connectivity index (χ4n) is 5.66. The molecule has 168 valence electrons. The summed E-state index contributed by atoms with van der Waals surface area (Å²) in [5.41, 5.74) is 3.04. The molecule has 1 fully saturated rings. The van der Waals surface area contributed by atoms with Crippen LogP contribution in [0.4, 0.5) is 0 Å². The fraction of sp³-hybridized carbons (Fsp3) is 0.400. The Morgan fingerprint density at radius 1 is 1.12 bits per heavy atom. The van der Waals surface area contributed by atoms with E-state index in [2.05, 4.69) is 0 Å². The lowest BCUT2D eigenvalue weighted by atomic mass is 9.76. The van der Waals surface area contributed by atoms with Gasteiger partial charge in [-0.3, -0.25) is 4.79 Å². The first kappa shape index (κ1) is 19.1. The van der Waals surface area contributed by atoms with Crippen molar-refractivity contribution in [2.75, 3.05) is 6.79 Å². The van der Waals surface area contributed by atoms with Crippen LogP contribution in [0.1, 0.15) is 60.8 Å². The number of hydrogen-bond donors (Lipinski definition) is 1. The van der Waals surface area contributed by atoms with Crippen LogP contribution in [0.3, 0.4) is 0 Å². The van der Waals surface area contributed by atoms with E-state index in [0.29, 0.717) is 35.0 Å². The zero-order chi connectivity index (χ0) is 22.5. The molecule has 5 heterocycles. The zero-order valence-corrected chi connectivity index (χ0v) is 18.1.